The minimum Gasteiger partial charge on any atom is -0.456 e. The van der Waals surface area contributed by atoms with Gasteiger partial charge in [0, 0.05) is 27.1 Å². The molecule has 0 atom stereocenters. The molecule has 11 rings (SSSR count). The van der Waals surface area contributed by atoms with Crippen LogP contribution in [0.25, 0.3) is 111 Å². The fourth-order valence-electron chi connectivity index (χ4n) is 8.24. The number of rotatable bonds is 2. The van der Waals surface area contributed by atoms with Gasteiger partial charge >= 0.3 is 0 Å². The highest BCUT2D eigenvalue weighted by Crippen LogP contribution is 2.52. The van der Waals surface area contributed by atoms with Crippen LogP contribution in [0.5, 0.6) is 0 Å². The number of benzene rings is 8. The van der Waals surface area contributed by atoms with E-state index < -0.39 is 0 Å². The summed E-state index contributed by atoms with van der Waals surface area (Å²) in [5, 5.41) is 4.48. The average Bonchev–Trinajstić information content (AvgIpc) is 3.75. The molecular weight excluding hydrogens is 609 g/mol. The normalized spacial score (nSPS) is 12.0. The van der Waals surface area contributed by atoms with Crippen molar-refractivity contribution in [3.05, 3.63) is 170 Å². The van der Waals surface area contributed by atoms with Gasteiger partial charge in [0.25, 0.3) is 0 Å². The number of para-hydroxylation sites is 3. The Kier molecular flexibility index (Phi) is 5.70. The summed E-state index contributed by atoms with van der Waals surface area (Å²) >= 11 is 0. The van der Waals surface area contributed by atoms with Gasteiger partial charge in [-0.3, -0.25) is 0 Å². The van der Waals surface area contributed by atoms with E-state index in [9.17, 15) is 0 Å². The summed E-state index contributed by atoms with van der Waals surface area (Å²) in [6, 6.07) is 61.1. The lowest BCUT2D eigenvalue weighted by molar-refractivity contribution is 0.669. The molecule has 0 bridgehead atoms. The van der Waals surface area contributed by atoms with E-state index in [-0.39, 0.29) is 0 Å². The summed E-state index contributed by atoms with van der Waals surface area (Å²) < 4.78 is 12.9. The molecule has 0 spiro atoms. The van der Waals surface area contributed by atoms with Gasteiger partial charge in [-0.2, -0.15) is 0 Å². The third-order valence-corrected chi connectivity index (χ3v) is 10.5. The third kappa shape index (κ3) is 3.90. The van der Waals surface area contributed by atoms with Crippen LogP contribution >= 0.6 is 0 Å². The highest BCUT2D eigenvalue weighted by molar-refractivity contribution is 6.13. The van der Waals surface area contributed by atoms with E-state index in [2.05, 4.69) is 152 Å². The second-order valence-electron chi connectivity index (χ2n) is 13.2. The molecular formula is C48H28O2. The van der Waals surface area contributed by atoms with Crippen LogP contribution in [-0.2, 0) is 0 Å². The highest BCUT2D eigenvalue weighted by atomic mass is 16.3. The summed E-state index contributed by atoms with van der Waals surface area (Å²) in [6.45, 7) is 0. The smallest absolute Gasteiger partial charge is 0.143 e. The molecule has 8 aromatic carbocycles. The molecule has 2 aromatic heterocycles. The van der Waals surface area contributed by atoms with E-state index in [1.807, 2.05) is 18.2 Å². The van der Waals surface area contributed by atoms with Crippen LogP contribution in [0.2, 0.25) is 0 Å². The van der Waals surface area contributed by atoms with Crippen molar-refractivity contribution in [2.75, 3.05) is 0 Å². The first-order valence-corrected chi connectivity index (χ1v) is 17.1. The molecule has 1 aliphatic rings. The Morgan fingerprint density at radius 1 is 0.260 bits per heavy atom. The first kappa shape index (κ1) is 27.3. The van der Waals surface area contributed by atoms with Crippen molar-refractivity contribution in [1.82, 2.24) is 0 Å². The molecule has 232 valence electrons. The molecule has 0 aliphatic heterocycles. The zero-order valence-corrected chi connectivity index (χ0v) is 27.0. The summed E-state index contributed by atoms with van der Waals surface area (Å²) in [7, 11) is 0. The minimum atomic E-state index is 0.890. The Bertz CT molecular complexity index is 2990. The average molecular weight is 637 g/mol. The van der Waals surface area contributed by atoms with Gasteiger partial charge in [0.1, 0.15) is 22.3 Å². The zero-order chi connectivity index (χ0) is 32.8. The lowest BCUT2D eigenvalue weighted by atomic mass is 9.77. The molecule has 0 saturated carbocycles. The molecule has 0 saturated heterocycles. The molecule has 50 heavy (non-hydrogen) atoms. The van der Waals surface area contributed by atoms with E-state index in [0.717, 1.165) is 60.6 Å². The van der Waals surface area contributed by atoms with Crippen molar-refractivity contribution < 1.29 is 8.83 Å². The summed E-state index contributed by atoms with van der Waals surface area (Å²) in [4.78, 5) is 0. The molecule has 0 amide bonds. The summed E-state index contributed by atoms with van der Waals surface area (Å²) in [5.74, 6) is 0. The van der Waals surface area contributed by atoms with Crippen LogP contribution in [0.4, 0.5) is 0 Å². The molecule has 0 unspecified atom stereocenters. The van der Waals surface area contributed by atoms with Crippen LogP contribution in [0.15, 0.2) is 179 Å². The predicted molar refractivity (Wildman–Crippen MR) is 207 cm³/mol. The zero-order valence-electron chi connectivity index (χ0n) is 27.0. The van der Waals surface area contributed by atoms with E-state index in [4.69, 9.17) is 8.83 Å². The van der Waals surface area contributed by atoms with Crippen LogP contribution in [0.3, 0.4) is 0 Å². The van der Waals surface area contributed by atoms with E-state index >= 15 is 0 Å². The first-order valence-electron chi connectivity index (χ1n) is 17.1. The van der Waals surface area contributed by atoms with Gasteiger partial charge in [-0.15, -0.1) is 0 Å². The second kappa shape index (κ2) is 10.4. The minimum absolute atomic E-state index is 0.890. The molecule has 0 radical (unpaired) electrons. The van der Waals surface area contributed by atoms with Crippen molar-refractivity contribution in [2.24, 2.45) is 0 Å². The molecule has 0 N–H and O–H groups in total. The van der Waals surface area contributed by atoms with Gasteiger partial charge in [-0.1, -0.05) is 133 Å². The third-order valence-electron chi connectivity index (χ3n) is 10.5. The van der Waals surface area contributed by atoms with E-state index in [0.29, 0.717) is 0 Å². The van der Waals surface area contributed by atoms with Gasteiger partial charge in [0.05, 0.1) is 0 Å². The summed E-state index contributed by atoms with van der Waals surface area (Å²) in [5.41, 5.74) is 17.8. The number of fused-ring (bicyclic) bond motifs is 14. The SMILES string of the molecule is c1ccc2c(c1)-c1ccccc1-c1cc(-c3cccc4c3oc3ccccc34)cc(-c3ccc4oc5ccccc5c4c3)c1-c1ccccc1-2. The van der Waals surface area contributed by atoms with Crippen molar-refractivity contribution in [3.8, 4) is 66.8 Å². The van der Waals surface area contributed by atoms with Crippen LogP contribution in [0, 0.1) is 0 Å². The lowest BCUT2D eigenvalue weighted by Crippen LogP contribution is -1.99. The van der Waals surface area contributed by atoms with Crippen molar-refractivity contribution >= 4 is 43.9 Å². The Morgan fingerprint density at radius 2 is 0.740 bits per heavy atom. The largest absolute Gasteiger partial charge is 0.456 e. The Balaban J connectivity index is 1.30. The summed E-state index contributed by atoms with van der Waals surface area (Å²) in [6.07, 6.45) is 0. The van der Waals surface area contributed by atoms with Crippen molar-refractivity contribution in [3.63, 3.8) is 0 Å². The topological polar surface area (TPSA) is 26.3 Å². The maximum atomic E-state index is 6.63. The first-order chi connectivity index (χ1) is 24.8. The van der Waals surface area contributed by atoms with Crippen LogP contribution in [0.1, 0.15) is 0 Å². The fraction of sp³-hybridized carbons (Fsp3) is 0. The maximum absolute atomic E-state index is 6.63. The fourth-order valence-corrected chi connectivity index (χ4v) is 8.24. The molecule has 0 fully saturated rings. The number of hydrogen-bond donors (Lipinski definition) is 0. The molecule has 10 aromatic rings. The highest BCUT2D eigenvalue weighted by Gasteiger charge is 2.26. The lowest BCUT2D eigenvalue weighted by Gasteiger charge is -2.26. The van der Waals surface area contributed by atoms with Gasteiger partial charge in [-0.25, -0.2) is 0 Å². The van der Waals surface area contributed by atoms with Gasteiger partial charge < -0.3 is 8.83 Å². The van der Waals surface area contributed by atoms with Crippen molar-refractivity contribution in [1.29, 1.82) is 0 Å². The molecule has 2 heteroatoms. The molecule has 2 nitrogen and oxygen atoms in total. The van der Waals surface area contributed by atoms with Gasteiger partial charge in [0.2, 0.25) is 0 Å². The second-order valence-corrected chi connectivity index (χ2v) is 13.2. The van der Waals surface area contributed by atoms with Crippen LogP contribution in [-0.4, -0.2) is 0 Å². The standard InChI is InChI=1S/C48H28O2/c1-2-13-33-32(12-1)34-14-3-4-16-36(34)43-28-30(31-20-11-21-40-37-17-7-10-23-45(37)50-48(31)40)27-41(47(43)39-19-6-5-15-35(33)39)29-24-25-46-42(26-29)38-18-8-9-22-44(38)49-46/h1-28H. The molecule has 1 aliphatic carbocycles. The van der Waals surface area contributed by atoms with E-state index in [1.54, 1.807) is 0 Å². The maximum Gasteiger partial charge on any atom is 0.143 e. The Morgan fingerprint density at radius 3 is 1.44 bits per heavy atom. The number of furan rings is 2. The Hall–Kier alpha value is -6.64. The number of hydrogen-bond acceptors (Lipinski definition) is 2. The molecule has 2 heterocycles. The van der Waals surface area contributed by atoms with E-state index in [1.165, 1.54) is 50.1 Å². The predicted octanol–water partition coefficient (Wildman–Crippen LogP) is 13.8. The van der Waals surface area contributed by atoms with Gasteiger partial charge in [0.15, 0.2) is 0 Å². The quantitative estimate of drug-likeness (QED) is 0.189. The van der Waals surface area contributed by atoms with Crippen LogP contribution < -0.4 is 0 Å². The monoisotopic (exact) mass is 636 g/mol. The van der Waals surface area contributed by atoms with Gasteiger partial charge in [-0.05, 0) is 97.6 Å². The Labute approximate surface area is 288 Å². The van der Waals surface area contributed by atoms with Crippen molar-refractivity contribution in [2.45, 2.75) is 0 Å².